The van der Waals surface area contributed by atoms with Gasteiger partial charge >= 0.3 is 5.97 Å². The number of nitrogens with one attached hydrogen (secondary N) is 1. The fourth-order valence-electron chi connectivity index (χ4n) is 1.58. The van der Waals surface area contributed by atoms with E-state index in [9.17, 15) is 4.79 Å². The molecule has 1 aromatic rings. The van der Waals surface area contributed by atoms with Crippen LogP contribution in [0.2, 0.25) is 0 Å². The van der Waals surface area contributed by atoms with Gasteiger partial charge in [0, 0.05) is 15.1 Å². The number of benzene rings is 1. The number of thioether (sulfide) groups is 1. The largest absolute Gasteiger partial charge is 0.468 e. The first-order valence-corrected chi connectivity index (χ1v) is 7.51. The Morgan fingerprint density at radius 3 is 2.83 bits per heavy atom. The smallest absolute Gasteiger partial charge is 0.326 e. The average molecular weight is 332 g/mol. The van der Waals surface area contributed by atoms with Crippen LogP contribution in [0, 0.1) is 0 Å². The number of hydrogen-bond acceptors (Lipinski definition) is 4. The summed E-state index contributed by atoms with van der Waals surface area (Å²) in [4.78, 5) is 12.9. The van der Waals surface area contributed by atoms with Crippen LogP contribution in [0.5, 0.6) is 0 Å². The lowest BCUT2D eigenvalue weighted by Gasteiger charge is -2.27. The number of carbonyl (C=O) groups excluding carboxylic acids is 1. The summed E-state index contributed by atoms with van der Waals surface area (Å²) in [5.74, 6) is 0.399. The molecule has 0 aliphatic carbocycles. The van der Waals surface area contributed by atoms with Crippen LogP contribution >= 0.6 is 27.7 Å². The number of esters is 1. The highest BCUT2D eigenvalue weighted by Gasteiger charge is 2.33. The molecule has 0 radical (unpaired) electrons. The summed E-state index contributed by atoms with van der Waals surface area (Å²) in [6, 6.07) is 8.02. The van der Waals surface area contributed by atoms with Crippen LogP contribution in [0.4, 0.5) is 0 Å². The van der Waals surface area contributed by atoms with Crippen LogP contribution in [0.1, 0.15) is 13.8 Å². The SMILES string of the molecule is CCNC(C)(CSc1cccc(Br)c1)C(=O)OC. The summed E-state index contributed by atoms with van der Waals surface area (Å²) in [5, 5.41) is 3.19. The van der Waals surface area contributed by atoms with Crippen molar-refractivity contribution in [3.8, 4) is 0 Å². The molecular formula is C13H18BrNO2S. The fraction of sp³-hybridized carbons (Fsp3) is 0.462. The number of methoxy groups -OCH3 is 1. The fourth-order valence-corrected chi connectivity index (χ4v) is 3.19. The van der Waals surface area contributed by atoms with Gasteiger partial charge in [-0.15, -0.1) is 11.8 Å². The number of hydrogen-bond donors (Lipinski definition) is 1. The highest BCUT2D eigenvalue weighted by atomic mass is 79.9. The molecule has 0 saturated heterocycles. The van der Waals surface area contributed by atoms with Crippen LogP contribution < -0.4 is 5.32 Å². The summed E-state index contributed by atoms with van der Waals surface area (Å²) >= 11 is 5.07. The van der Waals surface area contributed by atoms with Crippen molar-refractivity contribution >= 4 is 33.7 Å². The molecular weight excluding hydrogens is 314 g/mol. The Morgan fingerprint density at radius 1 is 1.56 bits per heavy atom. The van der Waals surface area contributed by atoms with Gasteiger partial charge in [-0.25, -0.2) is 0 Å². The van der Waals surface area contributed by atoms with Gasteiger partial charge in [-0.05, 0) is 31.7 Å². The zero-order valence-electron chi connectivity index (χ0n) is 10.8. The quantitative estimate of drug-likeness (QED) is 0.642. The molecule has 0 aromatic heterocycles. The van der Waals surface area contributed by atoms with E-state index in [1.54, 1.807) is 11.8 Å². The van der Waals surface area contributed by atoms with E-state index < -0.39 is 5.54 Å². The maximum Gasteiger partial charge on any atom is 0.326 e. The van der Waals surface area contributed by atoms with Crippen LogP contribution in [0.25, 0.3) is 0 Å². The van der Waals surface area contributed by atoms with Crippen LogP contribution in [-0.2, 0) is 9.53 Å². The molecule has 0 bridgehead atoms. The lowest BCUT2D eigenvalue weighted by atomic mass is 10.1. The van der Waals surface area contributed by atoms with Crippen molar-refractivity contribution in [3.63, 3.8) is 0 Å². The number of halogens is 1. The molecule has 0 saturated carbocycles. The molecule has 1 atom stereocenters. The average Bonchev–Trinajstić information content (AvgIpc) is 2.36. The van der Waals surface area contributed by atoms with Gasteiger partial charge in [0.15, 0.2) is 0 Å². The molecule has 0 aliphatic heterocycles. The van der Waals surface area contributed by atoms with Gasteiger partial charge in [0.1, 0.15) is 5.54 Å². The summed E-state index contributed by atoms with van der Waals surface area (Å²) in [6.07, 6.45) is 0. The number of rotatable bonds is 6. The first-order chi connectivity index (χ1) is 8.51. The van der Waals surface area contributed by atoms with Crippen molar-refractivity contribution in [1.82, 2.24) is 5.32 Å². The van der Waals surface area contributed by atoms with E-state index in [0.29, 0.717) is 5.75 Å². The number of carbonyl (C=O) groups is 1. The Balaban J connectivity index is 2.70. The lowest BCUT2D eigenvalue weighted by molar-refractivity contribution is -0.146. The van der Waals surface area contributed by atoms with E-state index in [-0.39, 0.29) is 5.97 Å². The van der Waals surface area contributed by atoms with Crippen molar-refractivity contribution in [3.05, 3.63) is 28.7 Å². The van der Waals surface area contributed by atoms with Gasteiger partial charge in [0.25, 0.3) is 0 Å². The number of ether oxygens (including phenoxy) is 1. The molecule has 3 nitrogen and oxygen atoms in total. The predicted octanol–water partition coefficient (Wildman–Crippen LogP) is 3.08. The van der Waals surface area contributed by atoms with Gasteiger partial charge in [-0.3, -0.25) is 4.79 Å². The third-order valence-electron chi connectivity index (χ3n) is 2.53. The normalized spacial score (nSPS) is 14.0. The molecule has 0 amide bonds. The van der Waals surface area contributed by atoms with Crippen molar-refractivity contribution in [2.45, 2.75) is 24.3 Å². The molecule has 0 fully saturated rings. The monoisotopic (exact) mass is 331 g/mol. The molecule has 100 valence electrons. The molecule has 18 heavy (non-hydrogen) atoms. The van der Waals surface area contributed by atoms with E-state index in [2.05, 4.69) is 21.2 Å². The third kappa shape index (κ3) is 4.30. The van der Waals surface area contributed by atoms with Crippen LogP contribution in [0.15, 0.2) is 33.6 Å². The predicted molar refractivity (Wildman–Crippen MR) is 79.0 cm³/mol. The topological polar surface area (TPSA) is 38.3 Å². The van der Waals surface area contributed by atoms with E-state index in [0.717, 1.165) is 15.9 Å². The van der Waals surface area contributed by atoms with Crippen molar-refractivity contribution in [1.29, 1.82) is 0 Å². The van der Waals surface area contributed by atoms with Crippen LogP contribution in [0.3, 0.4) is 0 Å². The Kier molecular flexibility index (Phi) is 6.18. The zero-order chi connectivity index (χ0) is 13.6. The van der Waals surface area contributed by atoms with Gasteiger partial charge in [0.2, 0.25) is 0 Å². The number of likely N-dealkylation sites (N-methyl/N-ethyl adjacent to an activating group) is 1. The second-order valence-corrected chi connectivity index (χ2v) is 6.06. The highest BCUT2D eigenvalue weighted by molar-refractivity contribution is 9.10. The second kappa shape index (κ2) is 7.16. The van der Waals surface area contributed by atoms with E-state index in [1.807, 2.05) is 38.1 Å². The van der Waals surface area contributed by atoms with Gasteiger partial charge in [-0.1, -0.05) is 28.9 Å². The van der Waals surface area contributed by atoms with E-state index in [4.69, 9.17) is 4.74 Å². The minimum absolute atomic E-state index is 0.230. The minimum atomic E-state index is -0.656. The Labute approximate surface area is 121 Å². The first kappa shape index (κ1) is 15.5. The van der Waals surface area contributed by atoms with Crippen molar-refractivity contribution < 1.29 is 9.53 Å². The maximum atomic E-state index is 11.8. The minimum Gasteiger partial charge on any atom is -0.468 e. The molecule has 5 heteroatoms. The summed E-state index contributed by atoms with van der Waals surface area (Å²) < 4.78 is 5.89. The summed E-state index contributed by atoms with van der Waals surface area (Å²) in [5.41, 5.74) is -0.656. The molecule has 1 N–H and O–H groups in total. The maximum absolute atomic E-state index is 11.8. The Morgan fingerprint density at radius 2 is 2.28 bits per heavy atom. The Hall–Kier alpha value is -0.520. The summed E-state index contributed by atoms with van der Waals surface area (Å²) in [6.45, 7) is 4.57. The zero-order valence-corrected chi connectivity index (χ0v) is 13.2. The van der Waals surface area contributed by atoms with Gasteiger partial charge in [0.05, 0.1) is 7.11 Å². The summed E-state index contributed by atoms with van der Waals surface area (Å²) in [7, 11) is 1.42. The standard InChI is InChI=1S/C13H18BrNO2S/c1-4-15-13(2,12(16)17-3)9-18-11-7-5-6-10(14)8-11/h5-8,15H,4,9H2,1-3H3. The third-order valence-corrected chi connectivity index (χ3v) is 4.33. The molecule has 0 spiro atoms. The molecule has 0 aliphatic rings. The highest BCUT2D eigenvalue weighted by Crippen LogP contribution is 2.25. The lowest BCUT2D eigenvalue weighted by Crippen LogP contribution is -2.52. The molecule has 0 heterocycles. The molecule has 1 aromatic carbocycles. The van der Waals surface area contributed by atoms with E-state index in [1.165, 1.54) is 7.11 Å². The second-order valence-electron chi connectivity index (χ2n) is 4.10. The van der Waals surface area contributed by atoms with Crippen molar-refractivity contribution in [2.75, 3.05) is 19.4 Å². The van der Waals surface area contributed by atoms with Gasteiger partial charge in [-0.2, -0.15) is 0 Å². The Bertz CT molecular complexity index is 414. The molecule has 1 rings (SSSR count). The van der Waals surface area contributed by atoms with Gasteiger partial charge < -0.3 is 10.1 Å². The first-order valence-electron chi connectivity index (χ1n) is 5.73. The van der Waals surface area contributed by atoms with Crippen molar-refractivity contribution in [2.24, 2.45) is 0 Å². The molecule has 1 unspecified atom stereocenters. The van der Waals surface area contributed by atoms with Crippen LogP contribution in [-0.4, -0.2) is 30.9 Å². The van der Waals surface area contributed by atoms with E-state index >= 15 is 0 Å².